The molecule has 20 heavy (non-hydrogen) atoms. The smallest absolute Gasteiger partial charge is 0.251 e. The maximum Gasteiger partial charge on any atom is 0.251 e. The van der Waals surface area contributed by atoms with Gasteiger partial charge in [0, 0.05) is 24.3 Å². The van der Waals surface area contributed by atoms with E-state index >= 15 is 0 Å². The zero-order valence-corrected chi connectivity index (χ0v) is 12.3. The van der Waals surface area contributed by atoms with Gasteiger partial charge in [-0.1, -0.05) is 25.8 Å². The summed E-state index contributed by atoms with van der Waals surface area (Å²) >= 11 is 0. The third-order valence-electron chi connectivity index (χ3n) is 4.83. The van der Waals surface area contributed by atoms with Crippen LogP contribution in [0, 0.1) is 5.41 Å². The van der Waals surface area contributed by atoms with Gasteiger partial charge in [-0.15, -0.1) is 0 Å². The molecule has 1 fully saturated rings. The van der Waals surface area contributed by atoms with E-state index in [0.717, 1.165) is 37.2 Å². The number of fused-ring (bicyclic) bond motifs is 1. The van der Waals surface area contributed by atoms with Crippen molar-refractivity contribution in [1.29, 1.82) is 0 Å². The fourth-order valence-electron chi connectivity index (χ4n) is 3.52. The van der Waals surface area contributed by atoms with E-state index in [4.69, 9.17) is 0 Å². The zero-order valence-electron chi connectivity index (χ0n) is 12.3. The van der Waals surface area contributed by atoms with Crippen molar-refractivity contribution in [1.82, 2.24) is 5.32 Å². The van der Waals surface area contributed by atoms with Crippen molar-refractivity contribution < 1.29 is 4.79 Å². The van der Waals surface area contributed by atoms with Gasteiger partial charge in [0.25, 0.3) is 5.91 Å². The lowest BCUT2D eigenvalue weighted by Gasteiger charge is -2.25. The third kappa shape index (κ3) is 2.67. The van der Waals surface area contributed by atoms with Crippen LogP contribution in [0.5, 0.6) is 0 Å². The second-order valence-corrected chi connectivity index (χ2v) is 6.56. The molecule has 3 rings (SSSR count). The van der Waals surface area contributed by atoms with Crippen molar-refractivity contribution in [3.63, 3.8) is 0 Å². The van der Waals surface area contributed by atoms with Crippen molar-refractivity contribution >= 4 is 11.6 Å². The SMILES string of the molecule is CC1(CNC(=O)c2cccc3c2CCCN3)CCCC1. The lowest BCUT2D eigenvalue weighted by molar-refractivity contribution is 0.0933. The Balaban J connectivity index is 1.71. The molecule has 1 aliphatic heterocycles. The molecule has 0 radical (unpaired) electrons. The maximum atomic E-state index is 12.5. The highest BCUT2D eigenvalue weighted by Crippen LogP contribution is 2.36. The monoisotopic (exact) mass is 272 g/mol. The highest BCUT2D eigenvalue weighted by molar-refractivity contribution is 5.97. The normalized spacial score (nSPS) is 20.1. The Morgan fingerprint density at radius 2 is 2.10 bits per heavy atom. The van der Waals surface area contributed by atoms with Crippen LogP contribution in [0.1, 0.15) is 54.9 Å². The molecule has 0 saturated heterocycles. The minimum atomic E-state index is 0.0960. The second kappa shape index (κ2) is 5.47. The van der Waals surface area contributed by atoms with E-state index in [1.54, 1.807) is 0 Å². The van der Waals surface area contributed by atoms with Crippen LogP contribution in [0.4, 0.5) is 5.69 Å². The lowest BCUT2D eigenvalue weighted by Crippen LogP contribution is -2.34. The van der Waals surface area contributed by atoms with Crippen LogP contribution in [0.3, 0.4) is 0 Å². The predicted octanol–water partition coefficient (Wildman–Crippen LogP) is 3.35. The fourth-order valence-corrected chi connectivity index (χ4v) is 3.52. The molecule has 1 aromatic carbocycles. The van der Waals surface area contributed by atoms with Crippen LogP contribution < -0.4 is 10.6 Å². The number of amides is 1. The van der Waals surface area contributed by atoms with Crippen LogP contribution in [-0.2, 0) is 6.42 Å². The van der Waals surface area contributed by atoms with Crippen LogP contribution in [0.25, 0.3) is 0 Å². The van der Waals surface area contributed by atoms with E-state index in [1.165, 1.54) is 31.2 Å². The van der Waals surface area contributed by atoms with Crippen molar-refractivity contribution in [2.75, 3.05) is 18.4 Å². The van der Waals surface area contributed by atoms with Gasteiger partial charge in [0.15, 0.2) is 0 Å². The molecule has 1 aliphatic carbocycles. The van der Waals surface area contributed by atoms with Gasteiger partial charge in [0.1, 0.15) is 0 Å². The molecule has 0 bridgehead atoms. The Kier molecular flexibility index (Phi) is 3.68. The van der Waals surface area contributed by atoms with Gasteiger partial charge >= 0.3 is 0 Å². The number of hydrogen-bond acceptors (Lipinski definition) is 2. The van der Waals surface area contributed by atoms with E-state index in [2.05, 4.69) is 23.6 Å². The first kappa shape index (κ1) is 13.5. The first-order valence-corrected chi connectivity index (χ1v) is 7.82. The minimum absolute atomic E-state index is 0.0960. The summed E-state index contributed by atoms with van der Waals surface area (Å²) in [7, 11) is 0. The van der Waals surface area contributed by atoms with Gasteiger partial charge in [-0.25, -0.2) is 0 Å². The van der Waals surface area contributed by atoms with Gasteiger partial charge in [-0.2, -0.15) is 0 Å². The molecule has 1 saturated carbocycles. The minimum Gasteiger partial charge on any atom is -0.385 e. The Bertz CT molecular complexity index is 504. The molecular formula is C17H24N2O. The van der Waals surface area contributed by atoms with E-state index in [1.807, 2.05) is 12.1 Å². The first-order valence-electron chi connectivity index (χ1n) is 7.82. The van der Waals surface area contributed by atoms with Crippen molar-refractivity contribution in [2.45, 2.75) is 45.4 Å². The van der Waals surface area contributed by atoms with E-state index in [0.29, 0.717) is 5.41 Å². The number of benzene rings is 1. The number of carbonyl (C=O) groups is 1. The largest absolute Gasteiger partial charge is 0.385 e. The summed E-state index contributed by atoms with van der Waals surface area (Å²) in [5.41, 5.74) is 3.49. The van der Waals surface area contributed by atoms with Crippen molar-refractivity contribution in [3.05, 3.63) is 29.3 Å². The van der Waals surface area contributed by atoms with Gasteiger partial charge in [0.2, 0.25) is 0 Å². The number of hydrogen-bond donors (Lipinski definition) is 2. The molecule has 1 amide bonds. The molecule has 3 nitrogen and oxygen atoms in total. The third-order valence-corrected chi connectivity index (χ3v) is 4.83. The summed E-state index contributed by atoms with van der Waals surface area (Å²) < 4.78 is 0. The van der Waals surface area contributed by atoms with E-state index in [9.17, 15) is 4.79 Å². The van der Waals surface area contributed by atoms with Gasteiger partial charge in [0.05, 0.1) is 0 Å². The molecule has 3 heteroatoms. The molecule has 108 valence electrons. The maximum absolute atomic E-state index is 12.5. The Morgan fingerprint density at radius 3 is 2.90 bits per heavy atom. The standard InChI is InChI=1S/C17H24N2O/c1-17(9-2-3-10-17)12-19-16(20)14-6-4-8-15-13(14)7-5-11-18-15/h4,6,8,18H,2-3,5,7,9-12H2,1H3,(H,19,20). The Labute approximate surface area is 121 Å². The molecule has 0 spiro atoms. The van der Waals surface area contributed by atoms with Crippen LogP contribution in [-0.4, -0.2) is 19.0 Å². The highest BCUT2D eigenvalue weighted by atomic mass is 16.1. The van der Waals surface area contributed by atoms with Gasteiger partial charge in [-0.3, -0.25) is 4.79 Å². The van der Waals surface area contributed by atoms with Crippen molar-refractivity contribution in [3.8, 4) is 0 Å². The zero-order chi connectivity index (χ0) is 14.0. The molecule has 0 unspecified atom stereocenters. The predicted molar refractivity (Wildman–Crippen MR) is 82.2 cm³/mol. The summed E-state index contributed by atoms with van der Waals surface area (Å²) in [6, 6.07) is 6.01. The average Bonchev–Trinajstić information content (AvgIpc) is 2.91. The summed E-state index contributed by atoms with van der Waals surface area (Å²) in [5.74, 6) is 0.0960. The number of rotatable bonds is 3. The number of nitrogens with one attached hydrogen (secondary N) is 2. The van der Waals surface area contributed by atoms with Crippen LogP contribution >= 0.6 is 0 Å². The molecule has 1 heterocycles. The second-order valence-electron chi connectivity index (χ2n) is 6.56. The molecule has 1 aromatic rings. The Morgan fingerprint density at radius 1 is 1.30 bits per heavy atom. The molecule has 0 aromatic heterocycles. The number of carbonyl (C=O) groups excluding carboxylic acids is 1. The lowest BCUT2D eigenvalue weighted by atomic mass is 9.88. The highest BCUT2D eigenvalue weighted by Gasteiger charge is 2.29. The summed E-state index contributed by atoms with van der Waals surface area (Å²) in [6.07, 6.45) is 7.19. The first-order chi connectivity index (χ1) is 9.68. The molecule has 2 N–H and O–H groups in total. The van der Waals surface area contributed by atoms with Crippen LogP contribution in [0.15, 0.2) is 18.2 Å². The topological polar surface area (TPSA) is 41.1 Å². The molecule has 2 aliphatic rings. The molecular weight excluding hydrogens is 248 g/mol. The summed E-state index contributed by atoms with van der Waals surface area (Å²) in [5, 5.41) is 6.55. The fraction of sp³-hybridized carbons (Fsp3) is 0.588. The quantitative estimate of drug-likeness (QED) is 0.886. The average molecular weight is 272 g/mol. The number of anilines is 1. The van der Waals surface area contributed by atoms with E-state index in [-0.39, 0.29) is 5.91 Å². The Hall–Kier alpha value is -1.51. The van der Waals surface area contributed by atoms with Gasteiger partial charge < -0.3 is 10.6 Å². The molecule has 0 atom stereocenters. The van der Waals surface area contributed by atoms with Gasteiger partial charge in [-0.05, 0) is 48.8 Å². The summed E-state index contributed by atoms with van der Waals surface area (Å²) in [6.45, 7) is 4.11. The van der Waals surface area contributed by atoms with E-state index < -0.39 is 0 Å². The van der Waals surface area contributed by atoms with Crippen LogP contribution in [0.2, 0.25) is 0 Å². The summed E-state index contributed by atoms with van der Waals surface area (Å²) in [4.78, 5) is 12.5. The van der Waals surface area contributed by atoms with Crippen molar-refractivity contribution in [2.24, 2.45) is 5.41 Å².